The fourth-order valence-electron chi connectivity index (χ4n) is 2.28. The second-order valence-corrected chi connectivity index (χ2v) is 5.05. The van der Waals surface area contributed by atoms with E-state index < -0.39 is 0 Å². The van der Waals surface area contributed by atoms with Crippen molar-refractivity contribution >= 4 is 0 Å². The van der Waals surface area contributed by atoms with Crippen molar-refractivity contribution in [3.8, 4) is 0 Å². The van der Waals surface area contributed by atoms with E-state index in [-0.39, 0.29) is 0 Å². The normalized spacial score (nSPS) is 28.6. The zero-order valence-electron chi connectivity index (χ0n) is 8.75. The van der Waals surface area contributed by atoms with E-state index in [1.165, 1.54) is 12.2 Å². The Morgan fingerprint density at radius 2 is 2.21 bits per heavy atom. The molecule has 1 atom stereocenters. The van der Waals surface area contributed by atoms with Crippen LogP contribution in [0.4, 0.5) is 0 Å². The molecule has 4 heteroatoms. The summed E-state index contributed by atoms with van der Waals surface area (Å²) < 4.78 is 2.30. The summed E-state index contributed by atoms with van der Waals surface area (Å²) in [4.78, 5) is 0. The van der Waals surface area contributed by atoms with Gasteiger partial charge in [0.25, 0.3) is 0 Å². The molecule has 1 aliphatic heterocycles. The molecule has 1 fully saturated rings. The molecule has 0 bridgehead atoms. The smallest absolute Gasteiger partial charge is 0.147 e. The van der Waals surface area contributed by atoms with Crippen LogP contribution in [-0.2, 0) is 13.1 Å². The van der Waals surface area contributed by atoms with Gasteiger partial charge in [0.05, 0.1) is 6.54 Å². The molecule has 0 radical (unpaired) electrons. The fraction of sp³-hybridized carbons (Fsp3) is 0.800. The van der Waals surface area contributed by atoms with Crippen LogP contribution in [0.2, 0.25) is 0 Å². The third-order valence-electron chi connectivity index (χ3n) is 3.48. The number of rotatable bonds is 1. The summed E-state index contributed by atoms with van der Waals surface area (Å²) in [5.41, 5.74) is 0.453. The summed E-state index contributed by atoms with van der Waals surface area (Å²) in [6, 6.07) is 0. The van der Waals surface area contributed by atoms with E-state index in [1.54, 1.807) is 0 Å². The highest BCUT2D eigenvalue weighted by molar-refractivity contribution is 5.17. The predicted molar refractivity (Wildman–Crippen MR) is 52.9 cm³/mol. The van der Waals surface area contributed by atoms with Gasteiger partial charge < -0.3 is 9.88 Å². The van der Waals surface area contributed by atoms with Gasteiger partial charge in [0.15, 0.2) is 0 Å². The lowest BCUT2D eigenvalue weighted by Crippen LogP contribution is -2.29. The molecule has 1 aliphatic carbocycles. The number of hydrogen-bond acceptors (Lipinski definition) is 3. The first-order valence-corrected chi connectivity index (χ1v) is 5.31. The highest BCUT2D eigenvalue weighted by Gasteiger charge is 2.49. The highest BCUT2D eigenvalue weighted by Crippen LogP contribution is 2.58. The van der Waals surface area contributed by atoms with E-state index in [4.69, 9.17) is 0 Å². The van der Waals surface area contributed by atoms with Crippen molar-refractivity contribution < 1.29 is 0 Å². The molecule has 2 heterocycles. The molecule has 0 aromatic carbocycles. The van der Waals surface area contributed by atoms with Crippen LogP contribution in [0.5, 0.6) is 0 Å². The van der Waals surface area contributed by atoms with Crippen LogP contribution < -0.4 is 5.32 Å². The molecule has 14 heavy (non-hydrogen) atoms. The van der Waals surface area contributed by atoms with Gasteiger partial charge in [-0.1, -0.05) is 13.8 Å². The Balaban J connectivity index is 1.96. The van der Waals surface area contributed by atoms with E-state index in [2.05, 4.69) is 33.9 Å². The SMILES string of the molecule is CC1(C)C[C@@H]1c1nnc2n1CCNC2. The van der Waals surface area contributed by atoms with Gasteiger partial charge in [-0.15, -0.1) is 10.2 Å². The largest absolute Gasteiger partial charge is 0.312 e. The minimum absolute atomic E-state index is 0.453. The van der Waals surface area contributed by atoms with Gasteiger partial charge in [-0.25, -0.2) is 0 Å². The summed E-state index contributed by atoms with van der Waals surface area (Å²) in [6.45, 7) is 7.57. The lowest BCUT2D eigenvalue weighted by molar-refractivity contribution is 0.485. The van der Waals surface area contributed by atoms with Gasteiger partial charge in [-0.2, -0.15) is 0 Å². The van der Waals surface area contributed by atoms with Crippen LogP contribution in [0.25, 0.3) is 0 Å². The number of aromatic nitrogens is 3. The second-order valence-electron chi connectivity index (χ2n) is 5.05. The Bertz CT molecular complexity index is 366. The fourth-order valence-corrected chi connectivity index (χ4v) is 2.28. The molecule has 0 saturated heterocycles. The van der Waals surface area contributed by atoms with Crippen molar-refractivity contribution in [2.45, 2.75) is 39.3 Å². The number of nitrogens with zero attached hydrogens (tertiary/aromatic N) is 3. The van der Waals surface area contributed by atoms with Crippen molar-refractivity contribution in [1.29, 1.82) is 0 Å². The first kappa shape index (κ1) is 8.41. The summed E-state index contributed by atoms with van der Waals surface area (Å²) in [7, 11) is 0. The molecule has 2 aliphatic rings. The lowest BCUT2D eigenvalue weighted by atomic mass is 10.1. The Hall–Kier alpha value is -0.900. The molecule has 76 valence electrons. The molecule has 3 rings (SSSR count). The monoisotopic (exact) mass is 192 g/mol. The maximum Gasteiger partial charge on any atom is 0.147 e. The van der Waals surface area contributed by atoms with Crippen molar-refractivity contribution in [1.82, 2.24) is 20.1 Å². The number of hydrogen-bond donors (Lipinski definition) is 1. The Morgan fingerprint density at radius 1 is 1.43 bits per heavy atom. The topological polar surface area (TPSA) is 42.7 Å². The molecule has 0 amide bonds. The third kappa shape index (κ3) is 1.10. The predicted octanol–water partition coefficient (Wildman–Crippen LogP) is 0.895. The highest BCUT2D eigenvalue weighted by atomic mass is 15.3. The van der Waals surface area contributed by atoms with Crippen LogP contribution in [-0.4, -0.2) is 21.3 Å². The first-order valence-electron chi connectivity index (χ1n) is 5.31. The number of fused-ring (bicyclic) bond motifs is 1. The summed E-state index contributed by atoms with van der Waals surface area (Å²) in [6.07, 6.45) is 1.26. The van der Waals surface area contributed by atoms with Crippen LogP contribution in [0.15, 0.2) is 0 Å². The second kappa shape index (κ2) is 2.57. The van der Waals surface area contributed by atoms with Crippen LogP contribution >= 0.6 is 0 Å². The molecule has 1 saturated carbocycles. The zero-order valence-corrected chi connectivity index (χ0v) is 8.75. The van der Waals surface area contributed by atoms with Crippen LogP contribution in [0.3, 0.4) is 0 Å². The minimum Gasteiger partial charge on any atom is -0.312 e. The standard InChI is InChI=1S/C10H16N4/c1-10(2)5-7(10)9-13-12-8-6-11-3-4-14(8)9/h7,11H,3-6H2,1-2H3/t7-/m1/s1. The van der Waals surface area contributed by atoms with Crippen LogP contribution in [0.1, 0.15) is 37.8 Å². The maximum absolute atomic E-state index is 4.33. The van der Waals surface area contributed by atoms with Crippen LogP contribution in [0, 0.1) is 5.41 Å². The lowest BCUT2D eigenvalue weighted by Gasteiger charge is -2.16. The molecule has 1 aromatic rings. The summed E-state index contributed by atoms with van der Waals surface area (Å²) in [5.74, 6) is 2.96. The summed E-state index contributed by atoms with van der Waals surface area (Å²) in [5, 5.41) is 11.9. The van der Waals surface area contributed by atoms with E-state index in [0.29, 0.717) is 11.3 Å². The zero-order chi connectivity index (χ0) is 9.76. The van der Waals surface area contributed by atoms with E-state index in [0.717, 1.165) is 25.5 Å². The maximum atomic E-state index is 4.33. The molecule has 1 aromatic heterocycles. The Kier molecular flexibility index (Phi) is 1.54. The van der Waals surface area contributed by atoms with Crippen molar-refractivity contribution in [2.75, 3.05) is 6.54 Å². The van der Waals surface area contributed by atoms with Gasteiger partial charge in [-0.05, 0) is 11.8 Å². The molecule has 4 nitrogen and oxygen atoms in total. The first-order chi connectivity index (χ1) is 6.68. The van der Waals surface area contributed by atoms with E-state index in [1.807, 2.05) is 0 Å². The number of nitrogens with one attached hydrogen (secondary N) is 1. The van der Waals surface area contributed by atoms with Crippen molar-refractivity contribution in [3.05, 3.63) is 11.6 Å². The molecule has 0 unspecified atom stereocenters. The van der Waals surface area contributed by atoms with Gasteiger partial charge in [0.1, 0.15) is 11.6 Å². The van der Waals surface area contributed by atoms with Crippen molar-refractivity contribution in [2.24, 2.45) is 5.41 Å². The Labute approximate surface area is 83.7 Å². The summed E-state index contributed by atoms with van der Waals surface area (Å²) >= 11 is 0. The van der Waals surface area contributed by atoms with Gasteiger partial charge in [-0.3, -0.25) is 0 Å². The van der Waals surface area contributed by atoms with Gasteiger partial charge in [0.2, 0.25) is 0 Å². The molecule has 1 N–H and O–H groups in total. The average molecular weight is 192 g/mol. The average Bonchev–Trinajstić information content (AvgIpc) is 2.63. The van der Waals surface area contributed by atoms with E-state index >= 15 is 0 Å². The molecular weight excluding hydrogens is 176 g/mol. The quantitative estimate of drug-likeness (QED) is 0.718. The minimum atomic E-state index is 0.453. The van der Waals surface area contributed by atoms with Crippen molar-refractivity contribution in [3.63, 3.8) is 0 Å². The van der Waals surface area contributed by atoms with Gasteiger partial charge >= 0.3 is 0 Å². The third-order valence-corrected chi connectivity index (χ3v) is 3.48. The van der Waals surface area contributed by atoms with E-state index in [9.17, 15) is 0 Å². The molecule has 0 spiro atoms. The van der Waals surface area contributed by atoms with Gasteiger partial charge in [0, 0.05) is 19.0 Å². The molecular formula is C10H16N4. The Morgan fingerprint density at radius 3 is 2.93 bits per heavy atom.